The maximum Gasteiger partial charge on any atom is 0.410 e. The van der Waals surface area contributed by atoms with Crippen molar-refractivity contribution in [3.63, 3.8) is 0 Å². The van der Waals surface area contributed by atoms with Crippen LogP contribution in [0.15, 0.2) is 72.3 Å². The fourth-order valence-electron chi connectivity index (χ4n) is 11.8. The van der Waals surface area contributed by atoms with Crippen LogP contribution in [0.5, 0.6) is 5.75 Å². The fraction of sp³-hybridized carbons (Fsp3) is 0.541. The highest BCUT2D eigenvalue weighted by Gasteiger charge is 2.44. The van der Waals surface area contributed by atoms with Crippen LogP contribution in [0.1, 0.15) is 110 Å². The van der Waals surface area contributed by atoms with Crippen molar-refractivity contribution in [2.24, 2.45) is 5.92 Å². The number of piperidine rings is 1. The number of carbonyl (C=O) groups is 2. The highest BCUT2D eigenvalue weighted by molar-refractivity contribution is 7.92. The van der Waals surface area contributed by atoms with E-state index in [1.54, 1.807) is 51.4 Å². The molecule has 444 valence electrons. The van der Waals surface area contributed by atoms with Gasteiger partial charge in [0.05, 0.1) is 40.5 Å². The van der Waals surface area contributed by atoms with Gasteiger partial charge in [0.2, 0.25) is 5.91 Å². The molecule has 8 heterocycles. The zero-order chi connectivity index (χ0) is 59.3. The Labute approximate surface area is 487 Å². The number of halogens is 1. The van der Waals surface area contributed by atoms with Gasteiger partial charge >= 0.3 is 6.09 Å². The summed E-state index contributed by atoms with van der Waals surface area (Å²) in [6.07, 6.45) is 6.80. The average molecular weight is 1160 g/mol. The number of pyridine rings is 1. The van der Waals surface area contributed by atoms with E-state index in [1.165, 1.54) is 18.5 Å². The summed E-state index contributed by atoms with van der Waals surface area (Å²) in [4.78, 5) is 65.0. The van der Waals surface area contributed by atoms with Gasteiger partial charge in [0.25, 0.3) is 0 Å². The first-order chi connectivity index (χ1) is 39.2. The van der Waals surface area contributed by atoms with Crippen LogP contribution in [0.4, 0.5) is 38.1 Å². The Hall–Kier alpha value is -7.04. The van der Waals surface area contributed by atoms with E-state index in [4.69, 9.17) is 24.4 Å². The van der Waals surface area contributed by atoms with E-state index in [0.29, 0.717) is 61.7 Å². The van der Waals surface area contributed by atoms with Crippen molar-refractivity contribution in [1.82, 2.24) is 49.8 Å². The molecule has 0 aliphatic carbocycles. The number of carbonyl (C=O) groups excluding carboxylic acids is 2. The van der Waals surface area contributed by atoms with Crippen molar-refractivity contribution in [2.45, 2.75) is 141 Å². The molecule has 3 atom stereocenters. The molecular formula is C61H81FN14O6S. The Morgan fingerprint density at radius 2 is 1.53 bits per heavy atom. The van der Waals surface area contributed by atoms with E-state index in [9.17, 15) is 22.4 Å². The van der Waals surface area contributed by atoms with Crippen LogP contribution in [0, 0.1) is 25.6 Å². The van der Waals surface area contributed by atoms with Crippen molar-refractivity contribution >= 4 is 61.7 Å². The average Bonchev–Trinajstić information content (AvgIpc) is 3.11. The molecule has 6 aromatic rings. The van der Waals surface area contributed by atoms with Crippen LogP contribution in [-0.4, -0.2) is 171 Å². The van der Waals surface area contributed by atoms with Gasteiger partial charge < -0.3 is 34.4 Å². The lowest BCUT2D eigenvalue weighted by molar-refractivity contribution is -0.121. The van der Waals surface area contributed by atoms with Gasteiger partial charge in [-0.2, -0.15) is 5.10 Å². The minimum atomic E-state index is -3.85. The number of nitrogens with one attached hydrogen (secondary N) is 2. The molecule has 3 saturated heterocycles. The lowest BCUT2D eigenvalue weighted by Crippen LogP contribution is -2.65. The second-order valence-electron chi connectivity index (χ2n) is 25.8. The molecule has 4 aromatic heterocycles. The minimum Gasteiger partial charge on any atom is -0.492 e. The number of H-pyrrole nitrogens is 1. The summed E-state index contributed by atoms with van der Waals surface area (Å²) in [6, 6.07) is 13.7. The SMILES string of the molecule is Cc1n[nH]c(Nc2ncnc3cc(OCC4CCN(c5cc(N6CCN(CC7CN(C(=O)OC(C)(C)C)C(C)CN7CC(=O)N7CC(C)(C)c8ncc(Cc9ccc(F)cc9)cc87)[C@H](C)C6)ncn5)CC4)c(S(=O)(=O)C(C)(C)C)cc23)c1C. The molecule has 2 unspecified atom stereocenters. The number of hydrogen-bond acceptors (Lipinski definition) is 17. The quantitative estimate of drug-likeness (QED) is 0.104. The van der Waals surface area contributed by atoms with Crippen molar-refractivity contribution in [2.75, 3.05) is 92.1 Å². The highest BCUT2D eigenvalue weighted by atomic mass is 32.2. The predicted molar refractivity (Wildman–Crippen MR) is 320 cm³/mol. The Bertz CT molecular complexity index is 3470. The first kappa shape index (κ1) is 59.1. The topological polar surface area (TPSA) is 211 Å². The number of fused-ring (bicyclic) bond motifs is 2. The van der Waals surface area contributed by atoms with Crippen LogP contribution in [0.2, 0.25) is 0 Å². The van der Waals surface area contributed by atoms with E-state index in [1.807, 2.05) is 57.5 Å². The summed E-state index contributed by atoms with van der Waals surface area (Å²) in [5, 5.41) is 11.1. The van der Waals surface area contributed by atoms with E-state index in [0.717, 1.165) is 91.0 Å². The number of rotatable bonds is 14. The number of benzene rings is 2. The molecule has 2 amide bonds. The van der Waals surface area contributed by atoms with Gasteiger partial charge in [-0.15, -0.1) is 0 Å². The van der Waals surface area contributed by atoms with E-state index >= 15 is 0 Å². The fourth-order valence-corrected chi connectivity index (χ4v) is 13.1. The molecule has 0 radical (unpaired) electrons. The van der Waals surface area contributed by atoms with Crippen LogP contribution in [0.3, 0.4) is 0 Å². The van der Waals surface area contributed by atoms with Crippen molar-refractivity contribution in [3.8, 4) is 5.75 Å². The van der Waals surface area contributed by atoms with E-state index < -0.39 is 20.2 Å². The van der Waals surface area contributed by atoms with Crippen molar-refractivity contribution < 1.29 is 31.9 Å². The first-order valence-electron chi connectivity index (χ1n) is 29.0. The number of sulfone groups is 1. The van der Waals surface area contributed by atoms with Gasteiger partial charge in [-0.1, -0.05) is 26.0 Å². The molecule has 0 spiro atoms. The summed E-state index contributed by atoms with van der Waals surface area (Å²) in [5.41, 5.74) is 4.89. The third-order valence-electron chi connectivity index (χ3n) is 16.8. The van der Waals surface area contributed by atoms with Crippen LogP contribution < -0.4 is 24.8 Å². The maximum atomic E-state index is 14.7. The molecule has 4 aliphatic rings. The number of aryl methyl sites for hydroxylation is 1. The van der Waals surface area contributed by atoms with Gasteiger partial charge in [-0.05, 0) is 130 Å². The number of piperazine rings is 2. The molecule has 20 nitrogen and oxygen atoms in total. The molecule has 0 bridgehead atoms. The Kier molecular flexibility index (Phi) is 16.5. The second-order valence-corrected chi connectivity index (χ2v) is 28.5. The summed E-state index contributed by atoms with van der Waals surface area (Å²) < 4.78 is 53.4. The number of aromatic amines is 1. The first-order valence-corrected chi connectivity index (χ1v) is 30.5. The Morgan fingerprint density at radius 1 is 0.819 bits per heavy atom. The summed E-state index contributed by atoms with van der Waals surface area (Å²) in [6.45, 7) is 29.3. The van der Waals surface area contributed by atoms with Gasteiger partial charge in [0.1, 0.15) is 58.0 Å². The number of aromatic nitrogens is 7. The molecule has 83 heavy (non-hydrogen) atoms. The summed E-state index contributed by atoms with van der Waals surface area (Å²) >= 11 is 0. The van der Waals surface area contributed by atoms with E-state index in [-0.39, 0.29) is 64.5 Å². The molecule has 2 aromatic carbocycles. The third-order valence-corrected chi connectivity index (χ3v) is 19.3. The number of hydrogen-bond donors (Lipinski definition) is 2. The normalized spacial score (nSPS) is 20.2. The summed E-state index contributed by atoms with van der Waals surface area (Å²) in [7, 11) is -3.85. The van der Waals surface area contributed by atoms with Crippen LogP contribution in [0.25, 0.3) is 10.9 Å². The predicted octanol–water partition coefficient (Wildman–Crippen LogP) is 8.64. The maximum absolute atomic E-state index is 14.7. The standard InChI is InChI=1S/C61H81FN14O6S/c1-38-29-73(53-27-52(65-37-66-53)71-19-17-43(18-20-71)34-81-50-26-48-47(25-51(50)83(79,80)60(8,9)10)57(67-36-64-48)68-56-40(3)41(4)69-70-56)22-21-72(38)31-46-32-75(58(78)82-59(5,6)7)39(2)30-74(46)33-54(77)76-35-61(11,12)55-49(76)24-44(28-63-55)23-42-13-15-45(62)16-14-42/h13-16,24-28,36-39,43,46H,17-23,29-35H2,1-12H3,(H2,64,67,68,69,70)/t38-,39?,46?/m1/s1. The lowest BCUT2D eigenvalue weighted by atomic mass is 9.91. The minimum absolute atomic E-state index is 0.0185. The van der Waals surface area contributed by atoms with Crippen molar-refractivity contribution in [1.29, 1.82) is 0 Å². The second kappa shape index (κ2) is 23.2. The zero-order valence-corrected chi connectivity index (χ0v) is 51.0. The van der Waals surface area contributed by atoms with Gasteiger partial charge in [0, 0.05) is 112 Å². The zero-order valence-electron chi connectivity index (χ0n) is 50.2. The molecule has 4 aliphatic heterocycles. The summed E-state index contributed by atoms with van der Waals surface area (Å²) in [5.74, 6) is 2.97. The highest BCUT2D eigenvalue weighted by Crippen LogP contribution is 2.41. The number of amides is 2. The molecule has 3 fully saturated rings. The molecule has 10 rings (SSSR count). The molecule has 22 heteroatoms. The van der Waals surface area contributed by atoms with E-state index in [2.05, 4.69) is 78.0 Å². The Balaban J connectivity index is 0.784. The van der Waals surface area contributed by atoms with Gasteiger partial charge in [-0.25, -0.2) is 37.5 Å². The largest absolute Gasteiger partial charge is 0.492 e. The lowest BCUT2D eigenvalue weighted by Gasteiger charge is -2.48. The molecular weight excluding hydrogens is 1080 g/mol. The van der Waals surface area contributed by atoms with Crippen molar-refractivity contribution in [3.05, 3.63) is 101 Å². The van der Waals surface area contributed by atoms with Gasteiger partial charge in [0.15, 0.2) is 9.84 Å². The number of anilines is 5. The van der Waals surface area contributed by atoms with Crippen LogP contribution >= 0.6 is 0 Å². The Morgan fingerprint density at radius 3 is 2.20 bits per heavy atom. The molecule has 2 N–H and O–H groups in total. The number of ether oxygens (including phenoxy) is 2. The van der Waals surface area contributed by atoms with Gasteiger partial charge in [-0.3, -0.25) is 24.7 Å². The number of nitrogens with zero attached hydrogens (tertiary/aromatic N) is 12. The monoisotopic (exact) mass is 1160 g/mol. The molecule has 0 saturated carbocycles. The third kappa shape index (κ3) is 12.9. The van der Waals surface area contributed by atoms with Crippen LogP contribution in [-0.2, 0) is 31.2 Å². The smallest absolute Gasteiger partial charge is 0.410 e.